The molecule has 2 aliphatic rings. The molecule has 32 heavy (non-hydrogen) atoms. The lowest BCUT2D eigenvalue weighted by Crippen LogP contribution is -2.38. The number of halogens is 3. The van der Waals surface area contributed by atoms with Crippen LogP contribution in [-0.2, 0) is 20.5 Å². The first-order valence-electron chi connectivity index (χ1n) is 9.62. The van der Waals surface area contributed by atoms with Gasteiger partial charge in [-0.1, -0.05) is 0 Å². The standard InChI is InChI=1S/C20H17F3N4O5/c1-32-16(29)5-4-15(28)25-9-12-7-14(25)17-18(30)27(19(31)26(12)17)11-3-2-10(8-24)13(6-11)20(21,22)23/h2-3,6,12,14,30H,4-5,7,9H2,1H3/t12-,14?/m1/s1. The number of hydrogen-bond acceptors (Lipinski definition) is 6. The number of imidazole rings is 1. The Kier molecular flexibility index (Phi) is 4.99. The van der Waals surface area contributed by atoms with Crippen LogP contribution >= 0.6 is 0 Å². The number of aromatic hydroxyl groups is 1. The average molecular weight is 450 g/mol. The van der Waals surface area contributed by atoms with Gasteiger partial charge in [-0.05, 0) is 24.6 Å². The van der Waals surface area contributed by atoms with Crippen molar-refractivity contribution in [3.05, 3.63) is 45.5 Å². The van der Waals surface area contributed by atoms with Crippen LogP contribution in [0.2, 0.25) is 0 Å². The summed E-state index contributed by atoms with van der Waals surface area (Å²) in [6.07, 6.45) is -4.67. The number of esters is 1. The summed E-state index contributed by atoms with van der Waals surface area (Å²) in [6.45, 7) is 0.183. The molecule has 1 aromatic heterocycles. The summed E-state index contributed by atoms with van der Waals surface area (Å²) in [5, 5.41) is 19.7. The molecule has 2 aliphatic heterocycles. The van der Waals surface area contributed by atoms with Crippen molar-refractivity contribution in [1.29, 1.82) is 5.26 Å². The van der Waals surface area contributed by atoms with E-state index >= 15 is 0 Å². The Morgan fingerprint density at radius 3 is 2.66 bits per heavy atom. The molecular formula is C20H17F3N4O5. The molecule has 168 valence electrons. The summed E-state index contributed by atoms with van der Waals surface area (Å²) >= 11 is 0. The summed E-state index contributed by atoms with van der Waals surface area (Å²) in [4.78, 5) is 38.3. The monoisotopic (exact) mass is 450 g/mol. The van der Waals surface area contributed by atoms with Crippen LogP contribution in [0.1, 0.15) is 48.2 Å². The first-order valence-corrected chi connectivity index (χ1v) is 9.62. The van der Waals surface area contributed by atoms with Gasteiger partial charge in [0.25, 0.3) is 0 Å². The summed E-state index contributed by atoms with van der Waals surface area (Å²) in [5.41, 5.74) is -2.68. The highest BCUT2D eigenvalue weighted by Crippen LogP contribution is 2.49. The van der Waals surface area contributed by atoms with Crippen molar-refractivity contribution >= 4 is 11.9 Å². The number of carbonyl (C=O) groups excluding carboxylic acids is 2. The molecule has 0 aliphatic carbocycles. The van der Waals surface area contributed by atoms with Crippen LogP contribution in [0, 0.1) is 11.3 Å². The Morgan fingerprint density at radius 2 is 2.03 bits per heavy atom. The number of likely N-dealkylation sites (tertiary alicyclic amines) is 1. The summed E-state index contributed by atoms with van der Waals surface area (Å²) in [5.74, 6) is -1.47. The lowest BCUT2D eigenvalue weighted by atomic mass is 10.1. The van der Waals surface area contributed by atoms with Crippen molar-refractivity contribution in [2.24, 2.45) is 0 Å². The van der Waals surface area contributed by atoms with Gasteiger partial charge >= 0.3 is 17.8 Å². The number of benzene rings is 1. The number of alkyl halides is 3. The molecule has 1 aromatic carbocycles. The average Bonchev–Trinajstić information content (AvgIpc) is 3.42. The van der Waals surface area contributed by atoms with Gasteiger partial charge in [0, 0.05) is 13.0 Å². The zero-order valence-corrected chi connectivity index (χ0v) is 16.7. The molecule has 4 rings (SSSR count). The first kappa shape index (κ1) is 21.5. The van der Waals surface area contributed by atoms with Gasteiger partial charge in [-0.25, -0.2) is 9.36 Å². The molecule has 1 amide bonds. The van der Waals surface area contributed by atoms with Crippen LogP contribution in [0.5, 0.6) is 5.88 Å². The van der Waals surface area contributed by atoms with E-state index < -0.39 is 46.9 Å². The van der Waals surface area contributed by atoms with Crippen molar-refractivity contribution < 1.29 is 32.6 Å². The largest absolute Gasteiger partial charge is 0.493 e. The second-order valence-corrected chi connectivity index (χ2v) is 7.56. The van der Waals surface area contributed by atoms with Gasteiger partial charge < -0.3 is 14.7 Å². The number of rotatable bonds is 4. The molecule has 3 heterocycles. The minimum atomic E-state index is -4.83. The molecule has 1 N–H and O–H groups in total. The Bertz CT molecular complexity index is 1220. The highest BCUT2D eigenvalue weighted by atomic mass is 19.4. The smallest absolute Gasteiger partial charge is 0.417 e. The molecule has 2 aromatic rings. The van der Waals surface area contributed by atoms with E-state index in [0.29, 0.717) is 12.5 Å². The molecule has 0 saturated carbocycles. The third-order valence-corrected chi connectivity index (χ3v) is 5.84. The number of ether oxygens (including phenoxy) is 1. The predicted octanol–water partition coefficient (Wildman–Crippen LogP) is 2.02. The van der Waals surface area contributed by atoms with Crippen molar-refractivity contribution in [2.45, 2.75) is 37.5 Å². The minimum absolute atomic E-state index is 0.105. The normalized spacial score (nSPS) is 19.0. The lowest BCUT2D eigenvalue weighted by Gasteiger charge is -2.27. The third-order valence-electron chi connectivity index (χ3n) is 5.84. The van der Waals surface area contributed by atoms with E-state index in [1.165, 1.54) is 22.6 Å². The van der Waals surface area contributed by atoms with E-state index in [0.717, 1.165) is 16.7 Å². The quantitative estimate of drug-likeness (QED) is 0.713. The number of methoxy groups -OCH3 is 1. The maximum Gasteiger partial charge on any atom is 0.417 e. The number of carbonyl (C=O) groups is 2. The minimum Gasteiger partial charge on any atom is -0.493 e. The van der Waals surface area contributed by atoms with Crippen molar-refractivity contribution in [3.8, 4) is 17.6 Å². The van der Waals surface area contributed by atoms with Gasteiger partial charge in [-0.3, -0.25) is 14.2 Å². The molecule has 12 heteroatoms. The second kappa shape index (κ2) is 7.44. The number of amides is 1. The van der Waals surface area contributed by atoms with Crippen molar-refractivity contribution in [1.82, 2.24) is 14.0 Å². The molecule has 9 nitrogen and oxygen atoms in total. The van der Waals surface area contributed by atoms with Crippen LogP contribution in [0.15, 0.2) is 23.0 Å². The molecule has 1 unspecified atom stereocenters. The van der Waals surface area contributed by atoms with Gasteiger partial charge in [0.1, 0.15) is 5.69 Å². The van der Waals surface area contributed by atoms with Crippen molar-refractivity contribution in [2.75, 3.05) is 13.7 Å². The van der Waals surface area contributed by atoms with Gasteiger partial charge in [0.05, 0.1) is 48.5 Å². The summed E-state index contributed by atoms with van der Waals surface area (Å²) < 4.78 is 46.6. The lowest BCUT2D eigenvalue weighted by molar-refractivity contribution is -0.144. The number of nitrogens with zero attached hydrogens (tertiary/aromatic N) is 4. The van der Waals surface area contributed by atoms with Crippen LogP contribution in [0.3, 0.4) is 0 Å². The predicted molar refractivity (Wildman–Crippen MR) is 101 cm³/mol. The number of fused-ring (bicyclic) bond motifs is 5. The molecule has 2 bridgehead atoms. The second-order valence-electron chi connectivity index (χ2n) is 7.56. The Labute approximate surface area is 178 Å². The fraction of sp³-hybridized carbons (Fsp3) is 0.400. The zero-order valence-electron chi connectivity index (χ0n) is 16.7. The molecule has 1 fully saturated rings. The highest BCUT2D eigenvalue weighted by molar-refractivity contribution is 5.82. The fourth-order valence-electron chi connectivity index (χ4n) is 4.41. The Morgan fingerprint density at radius 1 is 1.31 bits per heavy atom. The molecule has 0 radical (unpaired) electrons. The summed E-state index contributed by atoms with van der Waals surface area (Å²) in [7, 11) is 1.21. The number of hydrogen-bond donors (Lipinski definition) is 1. The molecule has 2 atom stereocenters. The van der Waals surface area contributed by atoms with Crippen LogP contribution < -0.4 is 5.69 Å². The van der Waals surface area contributed by atoms with Gasteiger partial charge in [0.15, 0.2) is 0 Å². The summed E-state index contributed by atoms with van der Waals surface area (Å²) in [6, 6.07) is 3.09. The van der Waals surface area contributed by atoms with Gasteiger partial charge in [-0.15, -0.1) is 0 Å². The SMILES string of the molecule is COC(=O)CCC(=O)N1C[C@H]2CC1c1c(O)n(-c3ccc(C#N)c(C(F)(F)F)c3)c(=O)n12. The van der Waals surface area contributed by atoms with Gasteiger partial charge in [-0.2, -0.15) is 18.4 Å². The van der Waals surface area contributed by atoms with Gasteiger partial charge in [0.2, 0.25) is 11.8 Å². The van der Waals surface area contributed by atoms with Crippen LogP contribution in [0.4, 0.5) is 13.2 Å². The third kappa shape index (κ3) is 3.21. The maximum atomic E-state index is 13.3. The zero-order chi connectivity index (χ0) is 23.4. The molecular weight excluding hydrogens is 433 g/mol. The highest BCUT2D eigenvalue weighted by Gasteiger charge is 2.49. The molecule has 0 spiro atoms. The number of aromatic nitrogens is 2. The fourth-order valence-corrected chi connectivity index (χ4v) is 4.41. The van der Waals surface area contributed by atoms with E-state index in [1.54, 1.807) is 0 Å². The van der Waals surface area contributed by atoms with Crippen molar-refractivity contribution in [3.63, 3.8) is 0 Å². The maximum absolute atomic E-state index is 13.3. The Balaban J connectivity index is 1.72. The van der Waals surface area contributed by atoms with E-state index in [-0.39, 0.29) is 36.7 Å². The van der Waals surface area contributed by atoms with E-state index in [1.807, 2.05) is 0 Å². The first-order chi connectivity index (χ1) is 15.1. The Hall–Kier alpha value is -3.75. The van der Waals surface area contributed by atoms with E-state index in [9.17, 15) is 32.7 Å². The number of nitriles is 1. The van der Waals surface area contributed by atoms with E-state index in [4.69, 9.17) is 5.26 Å². The van der Waals surface area contributed by atoms with E-state index in [2.05, 4.69) is 4.74 Å². The van der Waals surface area contributed by atoms with Crippen LogP contribution in [-0.4, -0.2) is 44.7 Å². The molecule has 1 saturated heterocycles. The van der Waals surface area contributed by atoms with Crippen LogP contribution in [0.25, 0.3) is 5.69 Å². The topological polar surface area (TPSA) is 118 Å².